The van der Waals surface area contributed by atoms with Crippen LogP contribution < -0.4 is 5.32 Å². The molecule has 21 heavy (non-hydrogen) atoms. The van der Waals surface area contributed by atoms with Gasteiger partial charge in [-0.2, -0.15) is 0 Å². The van der Waals surface area contributed by atoms with Gasteiger partial charge in [-0.05, 0) is 31.9 Å². The lowest BCUT2D eigenvalue weighted by molar-refractivity contribution is -0.120. The van der Waals surface area contributed by atoms with Crippen molar-refractivity contribution in [2.45, 2.75) is 36.6 Å². The van der Waals surface area contributed by atoms with Crippen LogP contribution in [0.25, 0.3) is 5.69 Å². The van der Waals surface area contributed by atoms with Gasteiger partial charge < -0.3 is 5.32 Å². The highest BCUT2D eigenvalue weighted by molar-refractivity contribution is 8.00. The average Bonchev–Trinajstić information content (AvgIpc) is 2.74. The molecular weight excluding hydrogens is 284 g/mol. The maximum atomic E-state index is 12.1. The Hall–Kier alpha value is -1.82. The van der Waals surface area contributed by atoms with E-state index in [0.29, 0.717) is 0 Å². The predicted octanol–water partition coefficient (Wildman–Crippen LogP) is 2.34. The van der Waals surface area contributed by atoms with Crippen molar-refractivity contribution >= 4 is 17.7 Å². The summed E-state index contributed by atoms with van der Waals surface area (Å²) in [5.74, 6) is 0.940. The molecule has 1 fully saturated rings. The molecule has 2 heterocycles. The Balaban J connectivity index is 1.88. The second-order valence-corrected chi connectivity index (χ2v) is 6.26. The van der Waals surface area contributed by atoms with Gasteiger partial charge in [0.25, 0.3) is 0 Å². The molecular formula is C15H18N4OS. The van der Waals surface area contributed by atoms with Gasteiger partial charge in [0, 0.05) is 12.2 Å². The normalized spacial score (nSPS) is 19.1. The summed E-state index contributed by atoms with van der Waals surface area (Å²) >= 11 is 1.51. The standard InChI is InChI=1S/C15H18N4OS/c1-11-17-18-15(19(11)12-7-3-2-4-8-12)21-13-9-5-6-10-16-14(13)20/h2-4,7-8,13H,5-6,9-10H2,1H3,(H,16,20)/t13-/m0/s1. The van der Waals surface area contributed by atoms with Crippen LogP contribution in [0.3, 0.4) is 0 Å². The summed E-state index contributed by atoms with van der Waals surface area (Å²) < 4.78 is 2.00. The third kappa shape index (κ3) is 3.10. The number of hydrogen-bond donors (Lipinski definition) is 1. The number of aryl methyl sites for hydroxylation is 1. The van der Waals surface area contributed by atoms with E-state index in [4.69, 9.17) is 0 Å². The zero-order valence-electron chi connectivity index (χ0n) is 12.0. The number of aromatic nitrogens is 3. The van der Waals surface area contributed by atoms with Gasteiger partial charge in [0.2, 0.25) is 5.91 Å². The van der Waals surface area contributed by atoms with Crippen molar-refractivity contribution in [1.82, 2.24) is 20.1 Å². The molecule has 1 aliphatic rings. The van der Waals surface area contributed by atoms with Gasteiger partial charge in [0.1, 0.15) is 5.82 Å². The molecule has 110 valence electrons. The second kappa shape index (κ2) is 6.30. The summed E-state index contributed by atoms with van der Waals surface area (Å²) in [6.07, 6.45) is 3.00. The van der Waals surface area contributed by atoms with Crippen molar-refractivity contribution in [2.24, 2.45) is 0 Å². The smallest absolute Gasteiger partial charge is 0.233 e. The van der Waals surface area contributed by atoms with Crippen LogP contribution in [0.2, 0.25) is 0 Å². The average molecular weight is 302 g/mol. The fraction of sp³-hybridized carbons (Fsp3) is 0.400. The lowest BCUT2D eigenvalue weighted by atomic mass is 10.2. The first-order chi connectivity index (χ1) is 10.3. The number of thioether (sulfide) groups is 1. The lowest BCUT2D eigenvalue weighted by Crippen LogP contribution is -2.30. The first kappa shape index (κ1) is 14.1. The molecule has 3 rings (SSSR count). The van der Waals surface area contributed by atoms with Crippen LogP contribution in [0.5, 0.6) is 0 Å². The predicted molar refractivity (Wildman–Crippen MR) is 82.6 cm³/mol. The number of benzene rings is 1. The molecule has 1 amide bonds. The number of hydrogen-bond acceptors (Lipinski definition) is 4. The van der Waals surface area contributed by atoms with E-state index in [1.165, 1.54) is 11.8 Å². The van der Waals surface area contributed by atoms with E-state index in [-0.39, 0.29) is 11.2 Å². The molecule has 0 spiro atoms. The van der Waals surface area contributed by atoms with Crippen molar-refractivity contribution in [3.8, 4) is 5.69 Å². The fourth-order valence-corrected chi connectivity index (χ4v) is 3.60. The third-order valence-electron chi connectivity index (χ3n) is 3.54. The van der Waals surface area contributed by atoms with Crippen LogP contribution in [0.1, 0.15) is 25.1 Å². The van der Waals surface area contributed by atoms with E-state index in [1.807, 2.05) is 41.8 Å². The van der Waals surface area contributed by atoms with E-state index in [2.05, 4.69) is 15.5 Å². The quantitative estimate of drug-likeness (QED) is 0.945. The molecule has 1 aromatic carbocycles. The monoisotopic (exact) mass is 302 g/mol. The molecule has 1 aromatic heterocycles. The minimum Gasteiger partial charge on any atom is -0.355 e. The molecule has 1 saturated heterocycles. The highest BCUT2D eigenvalue weighted by Gasteiger charge is 2.24. The van der Waals surface area contributed by atoms with Gasteiger partial charge in [-0.1, -0.05) is 36.4 Å². The van der Waals surface area contributed by atoms with Crippen molar-refractivity contribution < 1.29 is 4.79 Å². The van der Waals surface area contributed by atoms with Crippen LogP contribution in [0.15, 0.2) is 35.5 Å². The number of nitrogens with one attached hydrogen (secondary N) is 1. The van der Waals surface area contributed by atoms with Gasteiger partial charge in [-0.15, -0.1) is 10.2 Å². The first-order valence-corrected chi connectivity index (χ1v) is 8.05. The minimum absolute atomic E-state index is 0.0847. The van der Waals surface area contributed by atoms with Gasteiger partial charge in [0.15, 0.2) is 5.16 Å². The van der Waals surface area contributed by atoms with Crippen LogP contribution in [0, 0.1) is 6.92 Å². The van der Waals surface area contributed by atoms with Gasteiger partial charge in [-0.3, -0.25) is 9.36 Å². The number of carbonyl (C=O) groups is 1. The van der Waals surface area contributed by atoms with Gasteiger partial charge in [-0.25, -0.2) is 0 Å². The van der Waals surface area contributed by atoms with Crippen molar-refractivity contribution in [3.05, 3.63) is 36.2 Å². The Labute approximate surface area is 128 Å². The Morgan fingerprint density at radius 1 is 1.24 bits per heavy atom. The van der Waals surface area contributed by atoms with Crippen LogP contribution >= 0.6 is 11.8 Å². The molecule has 1 atom stereocenters. The van der Waals surface area contributed by atoms with Crippen molar-refractivity contribution in [2.75, 3.05) is 6.54 Å². The number of carbonyl (C=O) groups excluding carboxylic acids is 1. The van der Waals surface area contributed by atoms with E-state index in [0.717, 1.165) is 42.5 Å². The summed E-state index contributed by atoms with van der Waals surface area (Å²) in [4.78, 5) is 12.1. The summed E-state index contributed by atoms with van der Waals surface area (Å²) in [6.45, 7) is 2.71. The SMILES string of the molecule is Cc1nnc(S[C@H]2CCCCNC2=O)n1-c1ccccc1. The first-order valence-electron chi connectivity index (χ1n) is 7.17. The molecule has 2 aromatic rings. The molecule has 0 bridgehead atoms. The highest BCUT2D eigenvalue weighted by atomic mass is 32.2. The van der Waals surface area contributed by atoms with Crippen molar-refractivity contribution in [3.63, 3.8) is 0 Å². The number of rotatable bonds is 3. The Morgan fingerprint density at radius 3 is 2.86 bits per heavy atom. The van der Waals surface area contributed by atoms with Crippen LogP contribution in [0.4, 0.5) is 0 Å². The topological polar surface area (TPSA) is 59.8 Å². The molecule has 1 N–H and O–H groups in total. The largest absolute Gasteiger partial charge is 0.355 e. The summed E-state index contributed by atoms with van der Waals surface area (Å²) in [7, 11) is 0. The summed E-state index contributed by atoms with van der Waals surface area (Å²) in [5, 5.41) is 12.1. The fourth-order valence-electron chi connectivity index (χ4n) is 2.44. The maximum absolute atomic E-state index is 12.1. The van der Waals surface area contributed by atoms with Crippen LogP contribution in [-0.4, -0.2) is 32.5 Å². The van der Waals surface area contributed by atoms with E-state index < -0.39 is 0 Å². The molecule has 1 aliphatic heterocycles. The molecule has 0 aliphatic carbocycles. The molecule has 6 heteroatoms. The third-order valence-corrected chi connectivity index (χ3v) is 4.75. The number of amides is 1. The Kier molecular flexibility index (Phi) is 4.24. The number of nitrogens with zero attached hydrogens (tertiary/aromatic N) is 3. The molecule has 0 radical (unpaired) electrons. The highest BCUT2D eigenvalue weighted by Crippen LogP contribution is 2.29. The minimum atomic E-state index is -0.0847. The Morgan fingerprint density at radius 2 is 2.05 bits per heavy atom. The Bertz CT molecular complexity index is 626. The summed E-state index contributed by atoms with van der Waals surface area (Å²) in [6, 6.07) is 10.00. The van der Waals surface area contributed by atoms with E-state index in [9.17, 15) is 4.79 Å². The zero-order chi connectivity index (χ0) is 14.7. The number of para-hydroxylation sites is 1. The summed E-state index contributed by atoms with van der Waals surface area (Å²) in [5.41, 5.74) is 1.02. The van der Waals surface area contributed by atoms with Gasteiger partial charge in [0.05, 0.1) is 5.25 Å². The molecule has 0 saturated carbocycles. The molecule has 0 unspecified atom stereocenters. The van der Waals surface area contributed by atoms with Crippen LogP contribution in [-0.2, 0) is 4.79 Å². The van der Waals surface area contributed by atoms with E-state index >= 15 is 0 Å². The zero-order valence-corrected chi connectivity index (χ0v) is 12.8. The lowest BCUT2D eigenvalue weighted by Gasteiger charge is -2.13. The second-order valence-electron chi connectivity index (χ2n) is 5.09. The van der Waals surface area contributed by atoms with Gasteiger partial charge >= 0.3 is 0 Å². The molecule has 5 nitrogen and oxygen atoms in total. The van der Waals surface area contributed by atoms with E-state index in [1.54, 1.807) is 0 Å². The van der Waals surface area contributed by atoms with Crippen molar-refractivity contribution in [1.29, 1.82) is 0 Å². The maximum Gasteiger partial charge on any atom is 0.233 e.